The van der Waals surface area contributed by atoms with Gasteiger partial charge in [-0.15, -0.1) is 0 Å². The van der Waals surface area contributed by atoms with E-state index in [4.69, 9.17) is 10.00 Å². The summed E-state index contributed by atoms with van der Waals surface area (Å²) in [5.41, 5.74) is 3.86. The van der Waals surface area contributed by atoms with E-state index in [1.54, 1.807) is 24.1 Å². The van der Waals surface area contributed by atoms with Gasteiger partial charge in [0.05, 0.1) is 30.4 Å². The molecule has 0 bridgehead atoms. The van der Waals surface area contributed by atoms with E-state index >= 15 is 0 Å². The molecule has 0 aliphatic heterocycles. The molecule has 132 valence electrons. The molecule has 0 fully saturated rings. The predicted octanol–water partition coefficient (Wildman–Crippen LogP) is 2.05. The Balaban J connectivity index is 2.36. The summed E-state index contributed by atoms with van der Waals surface area (Å²) in [7, 11) is 1.58. The van der Waals surface area contributed by atoms with E-state index in [1.165, 1.54) is 0 Å². The van der Waals surface area contributed by atoms with Crippen molar-refractivity contribution in [1.82, 2.24) is 9.47 Å². The molecule has 6 heteroatoms. The van der Waals surface area contributed by atoms with Crippen molar-refractivity contribution in [2.75, 3.05) is 33.4 Å². The number of benzene rings is 1. The van der Waals surface area contributed by atoms with Crippen LogP contribution in [0.1, 0.15) is 27.3 Å². The highest BCUT2D eigenvalue weighted by Gasteiger charge is 2.21. The maximum Gasteiger partial charge on any atom is 0.255 e. The Kier molecular flexibility index (Phi) is 6.34. The fourth-order valence-electron chi connectivity index (χ4n) is 2.87. The Morgan fingerprint density at radius 3 is 2.52 bits per heavy atom. The maximum absolute atomic E-state index is 12.9. The number of methoxy groups -OCH3 is 1. The largest absolute Gasteiger partial charge is 0.395 e. The summed E-state index contributed by atoms with van der Waals surface area (Å²) in [6, 6.07) is 11.2. The molecular weight excluding hydrogens is 318 g/mol. The fourth-order valence-corrected chi connectivity index (χ4v) is 2.87. The van der Waals surface area contributed by atoms with Gasteiger partial charge in [-0.3, -0.25) is 4.79 Å². The molecule has 0 radical (unpaired) electrons. The lowest BCUT2D eigenvalue weighted by Gasteiger charge is -2.21. The van der Waals surface area contributed by atoms with Crippen LogP contribution in [0.15, 0.2) is 30.3 Å². The van der Waals surface area contributed by atoms with Crippen molar-refractivity contribution in [3.63, 3.8) is 0 Å². The SMILES string of the molecule is COCCN(CCO)C(=O)c1cc(C)n(-c2ccc(C#N)cc2)c1C. The second-order valence-electron chi connectivity index (χ2n) is 5.79. The van der Waals surface area contributed by atoms with Gasteiger partial charge in [-0.1, -0.05) is 0 Å². The number of amides is 1. The molecule has 1 N–H and O–H groups in total. The van der Waals surface area contributed by atoms with E-state index in [0.29, 0.717) is 24.3 Å². The lowest BCUT2D eigenvalue weighted by atomic mass is 10.2. The smallest absolute Gasteiger partial charge is 0.255 e. The second kappa shape index (κ2) is 8.47. The summed E-state index contributed by atoms with van der Waals surface area (Å²) in [6.07, 6.45) is 0. The third-order valence-corrected chi connectivity index (χ3v) is 4.14. The van der Waals surface area contributed by atoms with Gasteiger partial charge in [0.25, 0.3) is 5.91 Å². The molecule has 6 nitrogen and oxygen atoms in total. The lowest BCUT2D eigenvalue weighted by molar-refractivity contribution is 0.0656. The molecule has 0 unspecified atom stereocenters. The van der Waals surface area contributed by atoms with Crippen molar-refractivity contribution < 1.29 is 14.6 Å². The normalized spacial score (nSPS) is 10.5. The van der Waals surface area contributed by atoms with E-state index in [2.05, 4.69) is 6.07 Å². The number of carbonyl (C=O) groups excluding carboxylic acids is 1. The van der Waals surface area contributed by atoms with Crippen molar-refractivity contribution >= 4 is 5.91 Å². The molecular formula is C19H23N3O3. The van der Waals surface area contributed by atoms with Crippen LogP contribution in [0, 0.1) is 25.2 Å². The molecule has 0 saturated heterocycles. The molecule has 25 heavy (non-hydrogen) atoms. The highest BCUT2D eigenvalue weighted by atomic mass is 16.5. The number of aliphatic hydroxyl groups excluding tert-OH is 1. The topological polar surface area (TPSA) is 78.5 Å². The van der Waals surface area contributed by atoms with Gasteiger partial charge in [-0.05, 0) is 44.2 Å². The highest BCUT2D eigenvalue weighted by Crippen LogP contribution is 2.22. The van der Waals surface area contributed by atoms with Crippen LogP contribution in [0.5, 0.6) is 0 Å². The predicted molar refractivity (Wildman–Crippen MR) is 94.8 cm³/mol. The van der Waals surface area contributed by atoms with E-state index in [1.807, 2.05) is 36.6 Å². The number of rotatable bonds is 7. The Morgan fingerprint density at radius 1 is 1.28 bits per heavy atom. The van der Waals surface area contributed by atoms with Gasteiger partial charge in [-0.25, -0.2) is 0 Å². The molecule has 1 aromatic carbocycles. The summed E-state index contributed by atoms with van der Waals surface area (Å²) in [4.78, 5) is 14.5. The average molecular weight is 341 g/mol. The van der Waals surface area contributed by atoms with Gasteiger partial charge < -0.3 is 19.3 Å². The van der Waals surface area contributed by atoms with Crippen molar-refractivity contribution in [3.05, 3.63) is 52.8 Å². The van der Waals surface area contributed by atoms with E-state index in [-0.39, 0.29) is 19.1 Å². The van der Waals surface area contributed by atoms with Crippen molar-refractivity contribution in [1.29, 1.82) is 5.26 Å². The number of nitrogens with zero attached hydrogens (tertiary/aromatic N) is 3. The van der Waals surface area contributed by atoms with Gasteiger partial charge in [0.1, 0.15) is 0 Å². The number of hydrogen-bond donors (Lipinski definition) is 1. The first-order valence-electron chi connectivity index (χ1n) is 8.12. The molecule has 2 aromatic rings. The molecule has 0 aliphatic rings. The molecule has 1 amide bonds. The third-order valence-electron chi connectivity index (χ3n) is 4.14. The van der Waals surface area contributed by atoms with Crippen LogP contribution in [0.3, 0.4) is 0 Å². The summed E-state index contributed by atoms with van der Waals surface area (Å²) in [5, 5.41) is 18.2. The molecule has 0 spiro atoms. The van der Waals surface area contributed by atoms with Crippen LogP contribution in [-0.4, -0.2) is 53.9 Å². The minimum Gasteiger partial charge on any atom is -0.395 e. The summed E-state index contributed by atoms with van der Waals surface area (Å²) < 4.78 is 7.04. The Morgan fingerprint density at radius 2 is 1.96 bits per heavy atom. The third kappa shape index (κ3) is 4.08. The highest BCUT2D eigenvalue weighted by molar-refractivity contribution is 5.96. The lowest BCUT2D eigenvalue weighted by Crippen LogP contribution is -2.36. The van der Waals surface area contributed by atoms with E-state index < -0.39 is 0 Å². The van der Waals surface area contributed by atoms with Crippen molar-refractivity contribution in [3.8, 4) is 11.8 Å². The molecule has 0 atom stereocenters. The molecule has 2 rings (SSSR count). The van der Waals surface area contributed by atoms with E-state index in [9.17, 15) is 9.90 Å². The molecule has 0 saturated carbocycles. The van der Waals surface area contributed by atoms with Gasteiger partial charge >= 0.3 is 0 Å². The van der Waals surface area contributed by atoms with Crippen LogP contribution < -0.4 is 0 Å². The molecule has 1 aromatic heterocycles. The summed E-state index contributed by atoms with van der Waals surface area (Å²) in [6.45, 7) is 4.85. The standard InChI is InChI=1S/C19H23N3O3/c1-14-12-18(19(24)21(8-10-23)9-11-25-3)15(2)22(14)17-6-4-16(13-20)5-7-17/h4-7,12,23H,8-11H2,1-3H3. The zero-order valence-electron chi connectivity index (χ0n) is 14.8. The van der Waals surface area contributed by atoms with Crippen LogP contribution in [0.2, 0.25) is 0 Å². The average Bonchev–Trinajstić information content (AvgIpc) is 2.92. The minimum absolute atomic E-state index is 0.0934. The number of carbonyl (C=O) groups is 1. The van der Waals surface area contributed by atoms with Crippen LogP contribution >= 0.6 is 0 Å². The first-order chi connectivity index (χ1) is 12.0. The van der Waals surface area contributed by atoms with Gasteiger partial charge in [0, 0.05) is 37.3 Å². The Bertz CT molecular complexity index is 772. The second-order valence-corrected chi connectivity index (χ2v) is 5.79. The first kappa shape index (κ1) is 18.7. The number of aryl methyl sites for hydroxylation is 1. The zero-order valence-corrected chi connectivity index (χ0v) is 14.8. The number of aliphatic hydroxyl groups is 1. The fraction of sp³-hybridized carbons (Fsp3) is 0.368. The summed E-state index contributed by atoms with van der Waals surface area (Å²) >= 11 is 0. The Hall–Kier alpha value is -2.62. The van der Waals surface area contributed by atoms with Gasteiger partial charge in [0.15, 0.2) is 0 Å². The number of ether oxygens (including phenoxy) is 1. The number of hydrogen-bond acceptors (Lipinski definition) is 4. The monoisotopic (exact) mass is 341 g/mol. The van der Waals surface area contributed by atoms with Crippen molar-refractivity contribution in [2.45, 2.75) is 13.8 Å². The molecule has 0 aliphatic carbocycles. The van der Waals surface area contributed by atoms with Crippen LogP contribution in [0.4, 0.5) is 0 Å². The first-order valence-corrected chi connectivity index (χ1v) is 8.12. The number of nitriles is 1. The van der Waals surface area contributed by atoms with E-state index in [0.717, 1.165) is 17.1 Å². The maximum atomic E-state index is 12.9. The van der Waals surface area contributed by atoms with Crippen molar-refractivity contribution in [2.24, 2.45) is 0 Å². The minimum atomic E-state index is -0.126. The quantitative estimate of drug-likeness (QED) is 0.836. The van der Waals surface area contributed by atoms with Gasteiger partial charge in [0.2, 0.25) is 0 Å². The van der Waals surface area contributed by atoms with Crippen LogP contribution in [0.25, 0.3) is 5.69 Å². The zero-order chi connectivity index (χ0) is 18.4. The number of aromatic nitrogens is 1. The Labute approximate surface area is 147 Å². The van der Waals surface area contributed by atoms with Crippen LogP contribution in [-0.2, 0) is 4.74 Å². The van der Waals surface area contributed by atoms with Gasteiger partial charge in [-0.2, -0.15) is 5.26 Å². The summed E-state index contributed by atoms with van der Waals surface area (Å²) in [5.74, 6) is -0.126. The molecule has 1 heterocycles.